The summed E-state index contributed by atoms with van der Waals surface area (Å²) in [7, 11) is 0. The van der Waals surface area contributed by atoms with Gasteiger partial charge in [0.25, 0.3) is 0 Å². The Morgan fingerprint density at radius 3 is 2.50 bits per heavy atom. The molecule has 1 unspecified atom stereocenters. The number of nitrogens with zero attached hydrogens (tertiary/aromatic N) is 1. The maximum Gasteiger partial charge on any atom is 0.322 e. The molecule has 0 aliphatic carbocycles. The molecule has 4 nitrogen and oxygen atoms in total. The number of amides is 2. The van der Waals surface area contributed by atoms with E-state index in [2.05, 4.69) is 29.6 Å². The number of benzene rings is 3. The van der Waals surface area contributed by atoms with Crippen LogP contribution in [0.1, 0.15) is 28.3 Å². The van der Waals surface area contributed by atoms with Crippen LogP contribution in [0.5, 0.6) is 0 Å². The Kier molecular flexibility index (Phi) is 5.08. The summed E-state index contributed by atoms with van der Waals surface area (Å²) in [5, 5.41) is 12.0. The molecule has 2 N–H and O–H groups in total. The van der Waals surface area contributed by atoms with E-state index in [1.165, 1.54) is 16.5 Å². The molecular formula is C23H21FN2O2. The van der Waals surface area contributed by atoms with Gasteiger partial charge in [-0.15, -0.1) is 0 Å². The van der Waals surface area contributed by atoms with Crippen molar-refractivity contribution in [2.45, 2.75) is 19.1 Å². The number of halogens is 1. The molecule has 0 bridgehead atoms. The van der Waals surface area contributed by atoms with E-state index in [1.807, 2.05) is 30.3 Å². The first kappa shape index (κ1) is 18.2. The average molecular weight is 376 g/mol. The van der Waals surface area contributed by atoms with Gasteiger partial charge < -0.3 is 10.4 Å². The third-order valence-corrected chi connectivity index (χ3v) is 5.02. The average Bonchev–Trinajstić information content (AvgIpc) is 3.10. The minimum atomic E-state index is -0.519. The van der Waals surface area contributed by atoms with Crippen LogP contribution in [0.25, 0.3) is 0 Å². The fourth-order valence-corrected chi connectivity index (χ4v) is 3.63. The molecule has 0 radical (unpaired) electrons. The van der Waals surface area contributed by atoms with Gasteiger partial charge in [-0.1, -0.05) is 60.7 Å². The van der Waals surface area contributed by atoms with Gasteiger partial charge in [0, 0.05) is 6.54 Å². The minimum Gasteiger partial charge on any atom is -0.392 e. The topological polar surface area (TPSA) is 52.6 Å². The lowest BCUT2D eigenvalue weighted by molar-refractivity contribution is 0.251. The second kappa shape index (κ2) is 7.82. The summed E-state index contributed by atoms with van der Waals surface area (Å²) in [6, 6.07) is 22.1. The van der Waals surface area contributed by atoms with Gasteiger partial charge in [0.05, 0.1) is 18.3 Å². The van der Waals surface area contributed by atoms with E-state index in [-0.39, 0.29) is 24.4 Å². The van der Waals surface area contributed by atoms with E-state index in [1.54, 1.807) is 12.1 Å². The van der Waals surface area contributed by atoms with Crippen molar-refractivity contribution >= 4 is 11.7 Å². The number of carbonyl (C=O) groups excluding carboxylic acids is 1. The quantitative estimate of drug-likeness (QED) is 0.702. The molecule has 0 spiro atoms. The van der Waals surface area contributed by atoms with Gasteiger partial charge in [-0.25, -0.2) is 9.18 Å². The molecule has 28 heavy (non-hydrogen) atoms. The molecule has 1 heterocycles. The van der Waals surface area contributed by atoms with Crippen LogP contribution in [0, 0.1) is 5.82 Å². The highest BCUT2D eigenvalue weighted by molar-refractivity contribution is 5.95. The van der Waals surface area contributed by atoms with E-state index in [9.17, 15) is 14.3 Å². The standard InChI is InChI=1S/C23H21FN2O2/c24-20-13-18(15-27)9-10-21(20)26-22(14-25-23(26)28)19-8-4-7-17(12-19)11-16-5-2-1-3-6-16/h1-10,12-13,22,27H,11,14-15H2,(H,25,28). The Labute approximate surface area is 163 Å². The summed E-state index contributed by atoms with van der Waals surface area (Å²) in [5.74, 6) is -0.519. The number of urea groups is 1. The molecule has 1 aliphatic rings. The van der Waals surface area contributed by atoms with Crippen molar-refractivity contribution < 1.29 is 14.3 Å². The van der Waals surface area contributed by atoms with E-state index in [0.29, 0.717) is 12.1 Å². The number of nitrogens with one attached hydrogen (secondary N) is 1. The van der Waals surface area contributed by atoms with Gasteiger partial charge >= 0.3 is 6.03 Å². The second-order valence-corrected chi connectivity index (χ2v) is 6.92. The fraction of sp³-hybridized carbons (Fsp3) is 0.174. The van der Waals surface area contributed by atoms with E-state index in [0.717, 1.165) is 17.5 Å². The third kappa shape index (κ3) is 3.62. The van der Waals surface area contributed by atoms with Gasteiger partial charge in [-0.3, -0.25) is 4.90 Å². The van der Waals surface area contributed by atoms with Crippen molar-refractivity contribution in [3.05, 3.63) is 101 Å². The second-order valence-electron chi connectivity index (χ2n) is 6.92. The molecule has 1 aliphatic heterocycles. The largest absolute Gasteiger partial charge is 0.392 e. The van der Waals surface area contributed by atoms with Crippen LogP contribution < -0.4 is 10.2 Å². The first-order valence-electron chi connectivity index (χ1n) is 9.25. The molecule has 0 saturated carbocycles. The summed E-state index contributed by atoms with van der Waals surface area (Å²) < 4.78 is 14.6. The van der Waals surface area contributed by atoms with Crippen LogP contribution in [0.2, 0.25) is 0 Å². The van der Waals surface area contributed by atoms with Crippen LogP contribution in [0.15, 0.2) is 72.8 Å². The number of hydrogen-bond donors (Lipinski definition) is 2. The summed E-state index contributed by atoms with van der Waals surface area (Å²) in [6.07, 6.45) is 0.794. The summed E-state index contributed by atoms with van der Waals surface area (Å²) in [4.78, 5) is 13.9. The number of aliphatic hydroxyl groups is 1. The molecule has 3 aromatic rings. The normalized spacial score (nSPS) is 16.3. The maximum atomic E-state index is 14.6. The molecule has 3 aromatic carbocycles. The number of rotatable bonds is 5. The summed E-state index contributed by atoms with van der Waals surface area (Å²) in [6.45, 7) is 0.170. The molecular weight excluding hydrogens is 355 g/mol. The Bertz CT molecular complexity index is 991. The number of anilines is 1. The zero-order valence-electron chi connectivity index (χ0n) is 15.3. The zero-order chi connectivity index (χ0) is 19.5. The van der Waals surface area contributed by atoms with E-state index >= 15 is 0 Å². The van der Waals surface area contributed by atoms with Crippen LogP contribution in [-0.4, -0.2) is 17.7 Å². The number of carbonyl (C=O) groups is 1. The summed E-state index contributed by atoms with van der Waals surface area (Å²) >= 11 is 0. The lowest BCUT2D eigenvalue weighted by Gasteiger charge is -2.24. The molecule has 1 fully saturated rings. The molecule has 1 atom stereocenters. The first-order chi connectivity index (χ1) is 13.7. The van der Waals surface area contributed by atoms with Crippen molar-refractivity contribution in [1.29, 1.82) is 0 Å². The predicted octanol–water partition coefficient (Wildman–Crippen LogP) is 4.18. The highest BCUT2D eigenvalue weighted by Gasteiger charge is 2.34. The maximum absolute atomic E-state index is 14.6. The molecule has 5 heteroatoms. The van der Waals surface area contributed by atoms with Crippen molar-refractivity contribution in [3.8, 4) is 0 Å². The molecule has 142 valence electrons. The first-order valence-corrected chi connectivity index (χ1v) is 9.25. The molecule has 2 amide bonds. The fourth-order valence-electron chi connectivity index (χ4n) is 3.63. The predicted molar refractivity (Wildman–Crippen MR) is 107 cm³/mol. The lowest BCUT2D eigenvalue weighted by atomic mass is 9.99. The molecule has 4 rings (SSSR count). The van der Waals surface area contributed by atoms with Crippen LogP contribution in [0.4, 0.5) is 14.9 Å². The zero-order valence-corrected chi connectivity index (χ0v) is 15.3. The number of aliphatic hydroxyl groups excluding tert-OH is 1. The third-order valence-electron chi connectivity index (χ3n) is 5.02. The number of hydrogen-bond acceptors (Lipinski definition) is 2. The van der Waals surface area contributed by atoms with Crippen molar-refractivity contribution in [3.63, 3.8) is 0 Å². The molecule has 1 saturated heterocycles. The van der Waals surface area contributed by atoms with Crippen LogP contribution >= 0.6 is 0 Å². The smallest absolute Gasteiger partial charge is 0.322 e. The highest BCUT2D eigenvalue weighted by Crippen LogP contribution is 2.33. The monoisotopic (exact) mass is 376 g/mol. The summed E-state index contributed by atoms with van der Waals surface area (Å²) in [5.41, 5.74) is 3.99. The van der Waals surface area contributed by atoms with Crippen molar-refractivity contribution in [1.82, 2.24) is 5.32 Å². The Morgan fingerprint density at radius 2 is 1.75 bits per heavy atom. The van der Waals surface area contributed by atoms with Crippen LogP contribution in [0.3, 0.4) is 0 Å². The SMILES string of the molecule is O=C1NCC(c2cccc(Cc3ccccc3)c2)N1c1ccc(CO)cc1F. The van der Waals surface area contributed by atoms with Crippen molar-refractivity contribution in [2.24, 2.45) is 0 Å². The highest BCUT2D eigenvalue weighted by atomic mass is 19.1. The Morgan fingerprint density at radius 1 is 0.964 bits per heavy atom. The van der Waals surface area contributed by atoms with Gasteiger partial charge in [0.15, 0.2) is 0 Å². The van der Waals surface area contributed by atoms with Crippen LogP contribution in [-0.2, 0) is 13.0 Å². The van der Waals surface area contributed by atoms with Gasteiger partial charge in [0.2, 0.25) is 0 Å². The van der Waals surface area contributed by atoms with Gasteiger partial charge in [-0.2, -0.15) is 0 Å². The Hall–Kier alpha value is -3.18. The van der Waals surface area contributed by atoms with Gasteiger partial charge in [0.1, 0.15) is 5.82 Å². The minimum absolute atomic E-state index is 0.214. The van der Waals surface area contributed by atoms with E-state index in [4.69, 9.17) is 0 Å². The lowest BCUT2D eigenvalue weighted by Crippen LogP contribution is -2.30. The van der Waals surface area contributed by atoms with Crippen molar-refractivity contribution in [2.75, 3.05) is 11.4 Å². The van der Waals surface area contributed by atoms with Gasteiger partial charge in [-0.05, 0) is 40.8 Å². The molecule has 0 aromatic heterocycles. The van der Waals surface area contributed by atoms with E-state index < -0.39 is 5.82 Å². The Balaban J connectivity index is 1.64.